The van der Waals surface area contributed by atoms with Crippen LogP contribution in [-0.4, -0.2) is 5.11 Å². The molecule has 11 heavy (non-hydrogen) atoms. The largest absolute Gasteiger partial charge is 0.507 e. The molecule has 1 aromatic rings. The van der Waals surface area contributed by atoms with Crippen LogP contribution < -0.4 is 0 Å². The first-order valence-corrected chi connectivity index (χ1v) is 3.60. The zero-order chi connectivity index (χ0) is 8.27. The number of aromatic hydroxyl groups is 1. The van der Waals surface area contributed by atoms with Crippen molar-refractivity contribution in [2.24, 2.45) is 0 Å². The summed E-state index contributed by atoms with van der Waals surface area (Å²) < 4.78 is 0. The van der Waals surface area contributed by atoms with E-state index in [4.69, 9.17) is 22.0 Å². The van der Waals surface area contributed by atoms with E-state index in [1.807, 2.05) is 6.07 Å². The standard InChI is InChI=1S/C8H6ClNO/c9-4-6-2-1-3-8(11)7(6)5-10/h1-3,11H,4H2. The van der Waals surface area contributed by atoms with Gasteiger partial charge in [-0.3, -0.25) is 0 Å². The highest BCUT2D eigenvalue weighted by Gasteiger charge is 2.04. The van der Waals surface area contributed by atoms with Crippen LogP contribution in [0.1, 0.15) is 11.1 Å². The summed E-state index contributed by atoms with van der Waals surface area (Å²) in [6.45, 7) is 0. The molecule has 3 heteroatoms. The Hall–Kier alpha value is -1.20. The van der Waals surface area contributed by atoms with Crippen LogP contribution in [0.4, 0.5) is 0 Å². The van der Waals surface area contributed by atoms with Gasteiger partial charge in [0.05, 0.1) is 5.56 Å². The molecular formula is C8H6ClNO. The molecule has 1 rings (SSSR count). The first-order chi connectivity index (χ1) is 5.29. The van der Waals surface area contributed by atoms with Gasteiger partial charge in [0, 0.05) is 5.88 Å². The minimum atomic E-state index is -0.00866. The Labute approximate surface area is 69.7 Å². The van der Waals surface area contributed by atoms with Crippen LogP contribution in [0.25, 0.3) is 0 Å². The maximum absolute atomic E-state index is 9.14. The number of halogens is 1. The van der Waals surface area contributed by atoms with Gasteiger partial charge in [-0.25, -0.2) is 0 Å². The maximum atomic E-state index is 9.14. The second-order valence-corrected chi connectivity index (χ2v) is 2.32. The van der Waals surface area contributed by atoms with Gasteiger partial charge in [0.2, 0.25) is 0 Å². The van der Waals surface area contributed by atoms with Gasteiger partial charge in [-0.05, 0) is 11.6 Å². The van der Waals surface area contributed by atoms with E-state index in [1.54, 1.807) is 12.1 Å². The van der Waals surface area contributed by atoms with E-state index in [1.165, 1.54) is 6.07 Å². The first kappa shape index (κ1) is 7.90. The molecule has 0 aliphatic carbocycles. The molecule has 0 unspecified atom stereocenters. The molecule has 2 nitrogen and oxygen atoms in total. The molecule has 0 radical (unpaired) electrons. The molecule has 56 valence electrons. The van der Waals surface area contributed by atoms with Crippen LogP contribution in [0.15, 0.2) is 18.2 Å². The van der Waals surface area contributed by atoms with Crippen LogP contribution >= 0.6 is 11.6 Å². The maximum Gasteiger partial charge on any atom is 0.133 e. The fourth-order valence-corrected chi connectivity index (χ4v) is 1.05. The van der Waals surface area contributed by atoms with E-state index in [-0.39, 0.29) is 17.2 Å². The fourth-order valence-electron chi connectivity index (χ4n) is 0.827. The number of hydrogen-bond acceptors (Lipinski definition) is 2. The third kappa shape index (κ3) is 1.44. The van der Waals surface area contributed by atoms with E-state index in [9.17, 15) is 0 Å². The molecular weight excluding hydrogens is 162 g/mol. The third-order valence-electron chi connectivity index (χ3n) is 1.38. The molecule has 0 aliphatic heterocycles. The van der Waals surface area contributed by atoms with E-state index in [0.29, 0.717) is 5.56 Å². The van der Waals surface area contributed by atoms with Crippen molar-refractivity contribution in [3.05, 3.63) is 29.3 Å². The zero-order valence-corrected chi connectivity index (χ0v) is 6.47. The zero-order valence-electron chi connectivity index (χ0n) is 5.71. The predicted molar refractivity (Wildman–Crippen MR) is 42.4 cm³/mol. The molecule has 0 spiro atoms. The molecule has 0 fully saturated rings. The average molecular weight is 168 g/mol. The van der Waals surface area contributed by atoms with Crippen molar-refractivity contribution in [1.29, 1.82) is 5.26 Å². The highest BCUT2D eigenvalue weighted by molar-refractivity contribution is 6.17. The lowest BCUT2D eigenvalue weighted by Gasteiger charge is -1.99. The van der Waals surface area contributed by atoms with Crippen molar-refractivity contribution in [3.63, 3.8) is 0 Å². The fraction of sp³-hybridized carbons (Fsp3) is 0.125. The Kier molecular flexibility index (Phi) is 2.35. The molecule has 0 aromatic heterocycles. The molecule has 0 amide bonds. The minimum absolute atomic E-state index is 0.00866. The Morgan fingerprint density at radius 1 is 1.55 bits per heavy atom. The topological polar surface area (TPSA) is 44.0 Å². The van der Waals surface area contributed by atoms with Crippen LogP contribution in [0.5, 0.6) is 5.75 Å². The summed E-state index contributed by atoms with van der Waals surface area (Å²) in [5.74, 6) is 0.239. The third-order valence-corrected chi connectivity index (χ3v) is 1.67. The highest BCUT2D eigenvalue weighted by atomic mass is 35.5. The van der Waals surface area contributed by atoms with E-state index >= 15 is 0 Å². The summed E-state index contributed by atoms with van der Waals surface area (Å²) in [6.07, 6.45) is 0. The predicted octanol–water partition coefficient (Wildman–Crippen LogP) is 2.00. The lowest BCUT2D eigenvalue weighted by molar-refractivity contribution is 0.473. The summed E-state index contributed by atoms with van der Waals surface area (Å²) in [4.78, 5) is 0. The molecule has 0 aliphatic rings. The monoisotopic (exact) mass is 167 g/mol. The Morgan fingerprint density at radius 2 is 2.27 bits per heavy atom. The number of hydrogen-bond donors (Lipinski definition) is 1. The van der Waals surface area contributed by atoms with E-state index in [0.717, 1.165) is 0 Å². The molecule has 0 saturated carbocycles. The van der Waals surface area contributed by atoms with Crippen molar-refractivity contribution in [2.75, 3.05) is 0 Å². The first-order valence-electron chi connectivity index (χ1n) is 3.06. The summed E-state index contributed by atoms with van der Waals surface area (Å²) in [7, 11) is 0. The number of nitrogens with zero attached hydrogens (tertiary/aromatic N) is 1. The number of phenolic OH excluding ortho intramolecular Hbond substituents is 1. The average Bonchev–Trinajstić information content (AvgIpc) is 2.04. The van der Waals surface area contributed by atoms with Crippen LogP contribution in [0, 0.1) is 11.3 Å². The molecule has 0 bridgehead atoms. The Morgan fingerprint density at radius 3 is 2.73 bits per heavy atom. The van der Waals surface area contributed by atoms with Gasteiger partial charge >= 0.3 is 0 Å². The van der Waals surface area contributed by atoms with Crippen LogP contribution in [0.2, 0.25) is 0 Å². The summed E-state index contributed by atoms with van der Waals surface area (Å²) in [6, 6.07) is 6.72. The van der Waals surface area contributed by atoms with Gasteiger partial charge in [0.15, 0.2) is 0 Å². The highest BCUT2D eigenvalue weighted by Crippen LogP contribution is 2.20. The number of alkyl halides is 1. The summed E-state index contributed by atoms with van der Waals surface area (Å²) in [5.41, 5.74) is 0.927. The van der Waals surface area contributed by atoms with Gasteiger partial charge in [-0.15, -0.1) is 11.6 Å². The van der Waals surface area contributed by atoms with Gasteiger partial charge < -0.3 is 5.11 Å². The Bertz CT molecular complexity index is 303. The SMILES string of the molecule is N#Cc1c(O)cccc1CCl. The number of nitriles is 1. The lowest BCUT2D eigenvalue weighted by atomic mass is 10.1. The van der Waals surface area contributed by atoms with Crippen LogP contribution in [-0.2, 0) is 5.88 Å². The van der Waals surface area contributed by atoms with Crippen molar-refractivity contribution in [3.8, 4) is 11.8 Å². The minimum Gasteiger partial charge on any atom is -0.507 e. The Balaban J connectivity index is 3.27. The molecule has 0 atom stereocenters. The van der Waals surface area contributed by atoms with Crippen molar-refractivity contribution in [1.82, 2.24) is 0 Å². The van der Waals surface area contributed by atoms with Gasteiger partial charge in [-0.1, -0.05) is 12.1 Å². The number of phenols is 1. The van der Waals surface area contributed by atoms with Gasteiger partial charge in [0.25, 0.3) is 0 Å². The number of benzene rings is 1. The number of rotatable bonds is 1. The molecule has 0 heterocycles. The van der Waals surface area contributed by atoms with Crippen molar-refractivity contribution < 1.29 is 5.11 Å². The van der Waals surface area contributed by atoms with Crippen molar-refractivity contribution in [2.45, 2.75) is 5.88 Å². The lowest BCUT2D eigenvalue weighted by Crippen LogP contribution is -1.85. The quantitative estimate of drug-likeness (QED) is 0.651. The smallest absolute Gasteiger partial charge is 0.133 e. The molecule has 0 saturated heterocycles. The summed E-state index contributed by atoms with van der Waals surface area (Å²) in [5, 5.41) is 17.7. The van der Waals surface area contributed by atoms with Crippen molar-refractivity contribution >= 4 is 11.6 Å². The van der Waals surface area contributed by atoms with Crippen LogP contribution in [0.3, 0.4) is 0 Å². The normalized spacial score (nSPS) is 9.09. The molecule has 1 aromatic carbocycles. The summed E-state index contributed by atoms with van der Waals surface area (Å²) >= 11 is 5.52. The second-order valence-electron chi connectivity index (χ2n) is 2.06. The van der Waals surface area contributed by atoms with E-state index < -0.39 is 0 Å². The second kappa shape index (κ2) is 3.27. The molecule has 1 N–H and O–H groups in total. The van der Waals surface area contributed by atoms with E-state index in [2.05, 4.69) is 0 Å². The van der Waals surface area contributed by atoms with Gasteiger partial charge in [0.1, 0.15) is 11.8 Å². The van der Waals surface area contributed by atoms with Gasteiger partial charge in [-0.2, -0.15) is 5.26 Å².